The minimum atomic E-state index is -2.34. The molecule has 15 heavy (non-hydrogen) atoms. The van der Waals surface area contributed by atoms with E-state index >= 15 is 0 Å². The minimum absolute atomic E-state index is 0.132. The number of ether oxygens (including phenoxy) is 1. The molecule has 0 fully saturated rings. The number of benzene rings is 1. The molecule has 0 aromatic heterocycles. The maximum absolute atomic E-state index is 11.1. The van der Waals surface area contributed by atoms with Crippen molar-refractivity contribution in [2.75, 3.05) is 12.9 Å². The van der Waals surface area contributed by atoms with Crippen LogP contribution in [0.5, 0.6) is 0 Å². The molecular weight excluding hydrogens is 216 g/mol. The largest absolute Gasteiger partial charge is 0.465 e. The number of thiol groups is 1. The van der Waals surface area contributed by atoms with E-state index < -0.39 is 16.7 Å². The minimum Gasteiger partial charge on any atom is -0.465 e. The number of rotatable bonds is 4. The van der Waals surface area contributed by atoms with Crippen LogP contribution in [0.3, 0.4) is 0 Å². The molecule has 4 nitrogen and oxygen atoms in total. The van der Waals surface area contributed by atoms with Crippen molar-refractivity contribution >= 4 is 16.7 Å². The zero-order valence-electron chi connectivity index (χ0n) is 8.30. The zero-order valence-corrected chi connectivity index (χ0v) is 9.20. The van der Waals surface area contributed by atoms with Crippen molar-refractivity contribution in [1.29, 1.82) is 0 Å². The molecule has 5 heteroatoms. The Balaban J connectivity index is 2.68. The van der Waals surface area contributed by atoms with Crippen molar-refractivity contribution in [2.45, 2.75) is 6.42 Å². The summed E-state index contributed by atoms with van der Waals surface area (Å²) in [6.45, 7) is 0. The van der Waals surface area contributed by atoms with Crippen LogP contribution in [0.2, 0.25) is 0 Å². The maximum Gasteiger partial charge on any atom is 0.337 e. The molecule has 0 saturated carbocycles. The molecule has 1 aromatic carbocycles. The standard InChI is InChI=1S/C10H12O4S/c1-14-10(11)9-4-2-8(3-5-9)6-7-15(12)13/h2-5,15H,6-7H2,1H3. The molecular formula is C10H12O4S. The van der Waals surface area contributed by atoms with Gasteiger partial charge >= 0.3 is 5.97 Å². The van der Waals surface area contributed by atoms with E-state index in [4.69, 9.17) is 0 Å². The Morgan fingerprint density at radius 2 is 1.87 bits per heavy atom. The first-order valence-electron chi connectivity index (χ1n) is 4.42. The van der Waals surface area contributed by atoms with E-state index in [9.17, 15) is 13.2 Å². The highest BCUT2D eigenvalue weighted by molar-refractivity contribution is 7.72. The highest BCUT2D eigenvalue weighted by Gasteiger charge is 2.03. The summed E-state index contributed by atoms with van der Waals surface area (Å²) in [5.41, 5.74) is 1.36. The quantitative estimate of drug-likeness (QED) is 0.606. The summed E-state index contributed by atoms with van der Waals surface area (Å²) in [6, 6.07) is 6.70. The first-order valence-corrected chi connectivity index (χ1v) is 5.79. The van der Waals surface area contributed by atoms with Crippen LogP contribution < -0.4 is 0 Å². The van der Waals surface area contributed by atoms with Crippen LogP contribution in [0.15, 0.2) is 24.3 Å². The van der Waals surface area contributed by atoms with Crippen LogP contribution in [-0.2, 0) is 21.9 Å². The fourth-order valence-electron chi connectivity index (χ4n) is 1.15. The van der Waals surface area contributed by atoms with Crippen LogP contribution in [0.25, 0.3) is 0 Å². The number of methoxy groups -OCH3 is 1. The molecule has 0 aliphatic carbocycles. The summed E-state index contributed by atoms with van der Waals surface area (Å²) >= 11 is 0. The number of carbonyl (C=O) groups excluding carboxylic acids is 1. The van der Waals surface area contributed by atoms with Crippen LogP contribution >= 0.6 is 0 Å². The van der Waals surface area contributed by atoms with E-state index in [2.05, 4.69) is 4.74 Å². The normalized spacial score (nSPS) is 10.3. The third-order valence-corrected chi connectivity index (χ3v) is 2.55. The second-order valence-electron chi connectivity index (χ2n) is 2.99. The van der Waals surface area contributed by atoms with Crippen molar-refractivity contribution in [3.05, 3.63) is 35.4 Å². The Kier molecular flexibility index (Phi) is 4.30. The number of hydrogen-bond donors (Lipinski definition) is 1. The molecule has 0 atom stereocenters. The molecule has 0 radical (unpaired) electrons. The summed E-state index contributed by atoms with van der Waals surface area (Å²) in [6.07, 6.45) is 0.472. The van der Waals surface area contributed by atoms with E-state index in [1.54, 1.807) is 24.3 Å². The van der Waals surface area contributed by atoms with Gasteiger partial charge in [-0.3, -0.25) is 0 Å². The third-order valence-electron chi connectivity index (χ3n) is 1.96. The average molecular weight is 228 g/mol. The average Bonchev–Trinajstić information content (AvgIpc) is 2.26. The van der Waals surface area contributed by atoms with Gasteiger partial charge in [0, 0.05) is 0 Å². The first kappa shape index (κ1) is 11.7. The summed E-state index contributed by atoms with van der Waals surface area (Å²) in [5.74, 6) is -0.260. The maximum atomic E-state index is 11.1. The van der Waals surface area contributed by atoms with Crippen LogP contribution in [0.1, 0.15) is 15.9 Å². The summed E-state index contributed by atoms with van der Waals surface area (Å²) in [7, 11) is -1.02. The van der Waals surface area contributed by atoms with E-state index in [0.29, 0.717) is 12.0 Å². The van der Waals surface area contributed by atoms with E-state index in [1.807, 2.05) is 0 Å². The molecule has 0 N–H and O–H groups in total. The van der Waals surface area contributed by atoms with E-state index in [1.165, 1.54) is 7.11 Å². The van der Waals surface area contributed by atoms with Gasteiger partial charge in [0.15, 0.2) is 0 Å². The van der Waals surface area contributed by atoms with Crippen LogP contribution in [0, 0.1) is 0 Å². The van der Waals surface area contributed by atoms with E-state index in [0.717, 1.165) is 5.56 Å². The molecule has 0 heterocycles. The molecule has 1 aromatic rings. The lowest BCUT2D eigenvalue weighted by molar-refractivity contribution is 0.0600. The number of hydrogen-bond acceptors (Lipinski definition) is 4. The lowest BCUT2D eigenvalue weighted by atomic mass is 10.1. The Labute approximate surface area is 89.8 Å². The van der Waals surface area contributed by atoms with Gasteiger partial charge in [-0.15, -0.1) is 0 Å². The smallest absolute Gasteiger partial charge is 0.337 e. The lowest BCUT2D eigenvalue weighted by Crippen LogP contribution is -2.01. The van der Waals surface area contributed by atoms with Gasteiger partial charge in [-0.05, 0) is 24.1 Å². The van der Waals surface area contributed by atoms with Gasteiger partial charge in [0.25, 0.3) is 0 Å². The molecule has 0 unspecified atom stereocenters. The molecule has 82 valence electrons. The topological polar surface area (TPSA) is 60.4 Å². The zero-order chi connectivity index (χ0) is 11.3. The van der Waals surface area contributed by atoms with Crippen molar-refractivity contribution in [2.24, 2.45) is 0 Å². The van der Waals surface area contributed by atoms with E-state index in [-0.39, 0.29) is 5.75 Å². The monoisotopic (exact) mass is 228 g/mol. The van der Waals surface area contributed by atoms with Crippen molar-refractivity contribution in [3.8, 4) is 0 Å². The molecule has 0 aliphatic heterocycles. The highest BCUT2D eigenvalue weighted by Crippen LogP contribution is 2.06. The fraction of sp³-hybridized carbons (Fsp3) is 0.300. The lowest BCUT2D eigenvalue weighted by Gasteiger charge is -2.00. The predicted octanol–water partition coefficient (Wildman–Crippen LogP) is 0.627. The van der Waals surface area contributed by atoms with Crippen LogP contribution in [0.4, 0.5) is 0 Å². The summed E-state index contributed by atoms with van der Waals surface area (Å²) in [4.78, 5) is 11.1. The summed E-state index contributed by atoms with van der Waals surface area (Å²) in [5, 5.41) is 0. The van der Waals surface area contributed by atoms with Gasteiger partial charge in [0.2, 0.25) is 0 Å². The third kappa shape index (κ3) is 3.71. The number of aryl methyl sites for hydroxylation is 1. The Morgan fingerprint density at radius 3 is 2.33 bits per heavy atom. The fourth-order valence-corrected chi connectivity index (χ4v) is 1.59. The second kappa shape index (κ2) is 5.50. The molecule has 0 amide bonds. The molecule has 0 saturated heterocycles. The van der Waals surface area contributed by atoms with Crippen molar-refractivity contribution in [3.63, 3.8) is 0 Å². The molecule has 0 spiro atoms. The second-order valence-corrected chi connectivity index (χ2v) is 4.11. The molecule has 1 rings (SSSR count). The van der Waals surface area contributed by atoms with Gasteiger partial charge in [-0.25, -0.2) is 13.2 Å². The van der Waals surface area contributed by atoms with Crippen molar-refractivity contribution < 1.29 is 17.9 Å². The Morgan fingerprint density at radius 1 is 1.27 bits per heavy atom. The van der Waals surface area contributed by atoms with Gasteiger partial charge in [-0.2, -0.15) is 0 Å². The van der Waals surface area contributed by atoms with Crippen LogP contribution in [-0.4, -0.2) is 27.2 Å². The number of esters is 1. The molecule has 0 aliphatic rings. The molecule has 0 bridgehead atoms. The highest BCUT2D eigenvalue weighted by atomic mass is 32.2. The predicted molar refractivity (Wildman–Crippen MR) is 56.7 cm³/mol. The first-order chi connectivity index (χ1) is 7.13. The van der Waals surface area contributed by atoms with Gasteiger partial charge < -0.3 is 4.74 Å². The van der Waals surface area contributed by atoms with Gasteiger partial charge in [0.1, 0.15) is 10.7 Å². The SMILES string of the molecule is COC(=O)c1ccc(CC[SH](=O)=O)cc1. The van der Waals surface area contributed by atoms with Crippen molar-refractivity contribution in [1.82, 2.24) is 0 Å². The number of carbonyl (C=O) groups is 1. The summed E-state index contributed by atoms with van der Waals surface area (Å²) < 4.78 is 25.3. The Hall–Kier alpha value is -1.36. The van der Waals surface area contributed by atoms with Gasteiger partial charge in [-0.1, -0.05) is 12.1 Å². The Bertz CT molecular complexity index is 398. The van der Waals surface area contributed by atoms with Gasteiger partial charge in [0.05, 0.1) is 18.4 Å².